The van der Waals surface area contributed by atoms with Crippen molar-refractivity contribution in [3.8, 4) is 0 Å². The molecule has 0 aromatic rings. The third-order valence-corrected chi connectivity index (χ3v) is 3.06. The number of ether oxygens (including phenoxy) is 1. The van der Waals surface area contributed by atoms with Crippen molar-refractivity contribution in [2.45, 2.75) is 44.3 Å². The largest absolute Gasteiger partial charge is 0.465 e. The van der Waals surface area contributed by atoms with Gasteiger partial charge in [0.15, 0.2) is 0 Å². The monoisotopic (exact) mass is 269 g/mol. The molecule has 0 aromatic carbocycles. The molecule has 1 aliphatic carbocycles. The number of nitrogens with one attached hydrogen (secondary N) is 1. The SMILES string of the molecule is O=C(O)NC1CCC(COCCC(F)(F)F)CC1. The maximum Gasteiger partial charge on any atom is 0.404 e. The predicted octanol–water partition coefficient (Wildman–Crippen LogP) is 2.78. The first kappa shape index (κ1) is 15.1. The highest BCUT2D eigenvalue weighted by molar-refractivity contribution is 5.64. The minimum atomic E-state index is -4.16. The van der Waals surface area contributed by atoms with Gasteiger partial charge in [0, 0.05) is 12.6 Å². The third kappa shape index (κ3) is 6.68. The van der Waals surface area contributed by atoms with Gasteiger partial charge < -0.3 is 15.2 Å². The lowest BCUT2D eigenvalue weighted by Crippen LogP contribution is -2.37. The highest BCUT2D eigenvalue weighted by atomic mass is 19.4. The van der Waals surface area contributed by atoms with Gasteiger partial charge in [0.25, 0.3) is 0 Å². The lowest BCUT2D eigenvalue weighted by atomic mass is 9.86. The van der Waals surface area contributed by atoms with Crippen LogP contribution in [-0.2, 0) is 4.74 Å². The molecule has 1 aliphatic rings. The van der Waals surface area contributed by atoms with Crippen LogP contribution >= 0.6 is 0 Å². The Balaban J connectivity index is 2.07. The molecule has 0 atom stereocenters. The smallest absolute Gasteiger partial charge is 0.404 e. The first-order valence-corrected chi connectivity index (χ1v) is 6.01. The van der Waals surface area contributed by atoms with E-state index in [0.29, 0.717) is 6.61 Å². The van der Waals surface area contributed by atoms with Gasteiger partial charge in [-0.1, -0.05) is 0 Å². The Morgan fingerprint density at radius 2 is 1.89 bits per heavy atom. The number of rotatable bonds is 5. The second kappa shape index (κ2) is 6.82. The molecule has 1 fully saturated rings. The van der Waals surface area contributed by atoms with Crippen LogP contribution in [0.4, 0.5) is 18.0 Å². The van der Waals surface area contributed by atoms with Gasteiger partial charge in [-0.05, 0) is 31.6 Å². The summed E-state index contributed by atoms with van der Waals surface area (Å²) in [6.45, 7) is 0.0344. The van der Waals surface area contributed by atoms with E-state index in [-0.39, 0.29) is 18.6 Å². The Labute approximate surface area is 103 Å². The lowest BCUT2D eigenvalue weighted by Gasteiger charge is -2.28. The van der Waals surface area contributed by atoms with E-state index < -0.39 is 18.7 Å². The molecule has 0 bridgehead atoms. The minimum absolute atomic E-state index is 0.0334. The van der Waals surface area contributed by atoms with Gasteiger partial charge in [-0.2, -0.15) is 13.2 Å². The van der Waals surface area contributed by atoms with E-state index in [0.717, 1.165) is 25.7 Å². The van der Waals surface area contributed by atoms with Crippen LogP contribution in [0.3, 0.4) is 0 Å². The Hall–Kier alpha value is -0.980. The number of amides is 1. The summed E-state index contributed by atoms with van der Waals surface area (Å²) >= 11 is 0. The number of alkyl halides is 3. The summed E-state index contributed by atoms with van der Waals surface area (Å²) in [6, 6.07) is -0.0334. The average molecular weight is 269 g/mol. The molecule has 2 N–H and O–H groups in total. The van der Waals surface area contributed by atoms with E-state index in [1.807, 2.05) is 0 Å². The molecule has 0 heterocycles. The molecule has 0 radical (unpaired) electrons. The fourth-order valence-corrected chi connectivity index (χ4v) is 2.09. The number of halogens is 3. The van der Waals surface area contributed by atoms with E-state index in [1.54, 1.807) is 0 Å². The van der Waals surface area contributed by atoms with Crippen molar-refractivity contribution in [3.05, 3.63) is 0 Å². The van der Waals surface area contributed by atoms with Crippen LogP contribution in [0.15, 0.2) is 0 Å². The van der Waals surface area contributed by atoms with Gasteiger partial charge in [0.2, 0.25) is 0 Å². The van der Waals surface area contributed by atoms with Crippen LogP contribution in [0.1, 0.15) is 32.1 Å². The summed E-state index contributed by atoms with van der Waals surface area (Å²) < 4.78 is 40.6. The number of hydrogen-bond acceptors (Lipinski definition) is 2. The van der Waals surface area contributed by atoms with Crippen LogP contribution in [0, 0.1) is 5.92 Å². The Morgan fingerprint density at radius 1 is 1.28 bits per heavy atom. The molecule has 7 heteroatoms. The van der Waals surface area contributed by atoms with Gasteiger partial charge in [-0.25, -0.2) is 4.79 Å². The first-order valence-electron chi connectivity index (χ1n) is 6.01. The maximum absolute atomic E-state index is 11.9. The number of hydrogen-bond donors (Lipinski definition) is 2. The molecule has 1 saturated carbocycles. The van der Waals surface area contributed by atoms with Crippen LogP contribution in [-0.4, -0.2) is 36.6 Å². The standard InChI is InChI=1S/C11H18F3NO3/c12-11(13,14)5-6-18-7-8-1-3-9(4-2-8)15-10(16)17/h8-9,15H,1-7H2,(H,16,17). The lowest BCUT2D eigenvalue weighted by molar-refractivity contribution is -0.146. The van der Waals surface area contributed by atoms with Gasteiger partial charge in [0.1, 0.15) is 0 Å². The van der Waals surface area contributed by atoms with Crippen LogP contribution in [0.5, 0.6) is 0 Å². The van der Waals surface area contributed by atoms with Crippen molar-refractivity contribution in [1.29, 1.82) is 0 Å². The fourth-order valence-electron chi connectivity index (χ4n) is 2.09. The molecule has 1 rings (SSSR count). The van der Waals surface area contributed by atoms with E-state index in [1.165, 1.54) is 0 Å². The minimum Gasteiger partial charge on any atom is -0.465 e. The molecule has 18 heavy (non-hydrogen) atoms. The second-order valence-corrected chi connectivity index (χ2v) is 4.61. The van der Waals surface area contributed by atoms with Gasteiger partial charge in [-0.15, -0.1) is 0 Å². The summed E-state index contributed by atoms with van der Waals surface area (Å²) in [7, 11) is 0. The Bertz CT molecular complexity index is 263. The fraction of sp³-hybridized carbons (Fsp3) is 0.909. The van der Waals surface area contributed by atoms with E-state index in [9.17, 15) is 18.0 Å². The number of carboxylic acid groups (broad SMARTS) is 1. The normalized spacial score (nSPS) is 24.8. The van der Waals surface area contributed by atoms with E-state index in [4.69, 9.17) is 9.84 Å². The van der Waals surface area contributed by atoms with E-state index >= 15 is 0 Å². The van der Waals surface area contributed by atoms with E-state index in [2.05, 4.69) is 5.32 Å². The van der Waals surface area contributed by atoms with Crippen molar-refractivity contribution >= 4 is 6.09 Å². The molecular formula is C11H18F3NO3. The van der Waals surface area contributed by atoms with Crippen molar-refractivity contribution in [2.24, 2.45) is 5.92 Å². The van der Waals surface area contributed by atoms with Gasteiger partial charge >= 0.3 is 12.3 Å². The topological polar surface area (TPSA) is 58.6 Å². The molecule has 1 amide bonds. The van der Waals surface area contributed by atoms with Crippen molar-refractivity contribution in [2.75, 3.05) is 13.2 Å². The average Bonchev–Trinajstić information content (AvgIpc) is 2.24. The van der Waals surface area contributed by atoms with Crippen LogP contribution < -0.4 is 5.32 Å². The van der Waals surface area contributed by atoms with Crippen molar-refractivity contribution in [1.82, 2.24) is 5.32 Å². The van der Waals surface area contributed by atoms with Crippen LogP contribution in [0.25, 0.3) is 0 Å². The zero-order valence-electron chi connectivity index (χ0n) is 10.0. The molecule has 106 valence electrons. The quantitative estimate of drug-likeness (QED) is 0.754. The highest BCUT2D eigenvalue weighted by Crippen LogP contribution is 2.25. The highest BCUT2D eigenvalue weighted by Gasteiger charge is 2.27. The zero-order valence-corrected chi connectivity index (χ0v) is 10.0. The van der Waals surface area contributed by atoms with Gasteiger partial charge in [-0.3, -0.25) is 0 Å². The summed E-state index contributed by atoms with van der Waals surface area (Å²) in [5.41, 5.74) is 0. The number of carbonyl (C=O) groups is 1. The Kier molecular flexibility index (Phi) is 5.71. The molecule has 0 spiro atoms. The predicted molar refractivity (Wildman–Crippen MR) is 58.4 cm³/mol. The summed E-state index contributed by atoms with van der Waals surface area (Å²) in [4.78, 5) is 10.4. The van der Waals surface area contributed by atoms with Gasteiger partial charge in [0.05, 0.1) is 13.0 Å². The maximum atomic E-state index is 11.9. The molecule has 0 saturated heterocycles. The van der Waals surface area contributed by atoms with Crippen LogP contribution in [0.2, 0.25) is 0 Å². The zero-order chi connectivity index (χ0) is 13.6. The molecule has 4 nitrogen and oxygen atoms in total. The molecule has 0 aromatic heterocycles. The summed E-state index contributed by atoms with van der Waals surface area (Å²) in [5, 5.41) is 11.0. The second-order valence-electron chi connectivity index (χ2n) is 4.61. The van der Waals surface area contributed by atoms with Crippen molar-refractivity contribution < 1.29 is 27.8 Å². The molecule has 0 unspecified atom stereocenters. The molecular weight excluding hydrogens is 251 g/mol. The summed E-state index contributed by atoms with van der Waals surface area (Å²) in [6.07, 6.45) is -3.08. The summed E-state index contributed by atoms with van der Waals surface area (Å²) in [5.74, 6) is 0.241. The Morgan fingerprint density at radius 3 is 2.39 bits per heavy atom. The third-order valence-electron chi connectivity index (χ3n) is 3.06. The van der Waals surface area contributed by atoms with Crippen molar-refractivity contribution in [3.63, 3.8) is 0 Å². The first-order chi connectivity index (χ1) is 8.37. The molecule has 0 aliphatic heterocycles.